The number of benzene rings is 2. The molecule has 0 saturated carbocycles. The van der Waals surface area contributed by atoms with Gasteiger partial charge in [-0.1, -0.05) is 17.7 Å². The van der Waals surface area contributed by atoms with Crippen molar-refractivity contribution in [2.24, 2.45) is 0 Å². The predicted molar refractivity (Wildman–Crippen MR) is 79.5 cm³/mol. The van der Waals surface area contributed by atoms with Crippen LogP contribution in [0.2, 0.25) is 5.02 Å². The Labute approximate surface area is 129 Å². The second-order valence-corrected chi connectivity index (χ2v) is 4.65. The number of nitrogen functional groups attached to an aromatic ring is 1. The molecule has 0 saturated heterocycles. The zero-order chi connectivity index (χ0) is 16.3. The van der Waals surface area contributed by atoms with Gasteiger partial charge in [-0.3, -0.25) is 9.59 Å². The lowest BCUT2D eigenvalue weighted by molar-refractivity contribution is -0.133. The summed E-state index contributed by atoms with van der Waals surface area (Å²) in [5.41, 5.74) is 5.33. The van der Waals surface area contributed by atoms with Crippen LogP contribution in [0, 0.1) is 11.6 Å². The van der Waals surface area contributed by atoms with Gasteiger partial charge in [0.2, 0.25) is 0 Å². The fraction of sp³-hybridized carbons (Fsp3) is 0. The monoisotopic (exact) mass is 325 g/mol. The Morgan fingerprint density at radius 3 is 2.18 bits per heavy atom. The molecule has 22 heavy (non-hydrogen) atoms. The van der Waals surface area contributed by atoms with Crippen LogP contribution in [0.4, 0.5) is 25.8 Å². The Hall–Kier alpha value is -2.67. The van der Waals surface area contributed by atoms with E-state index in [2.05, 4.69) is 5.32 Å². The Morgan fingerprint density at radius 1 is 1.00 bits per heavy atom. The average molecular weight is 326 g/mol. The zero-order valence-corrected chi connectivity index (χ0v) is 11.7. The highest BCUT2D eigenvalue weighted by Gasteiger charge is 2.18. The molecule has 2 aromatic carbocycles. The van der Waals surface area contributed by atoms with Gasteiger partial charge in [-0.05, 0) is 30.3 Å². The van der Waals surface area contributed by atoms with E-state index < -0.39 is 29.1 Å². The summed E-state index contributed by atoms with van der Waals surface area (Å²) in [6.07, 6.45) is 0. The number of halogens is 3. The van der Waals surface area contributed by atoms with Crippen molar-refractivity contribution in [3.8, 4) is 0 Å². The van der Waals surface area contributed by atoms with Crippen molar-refractivity contribution in [2.45, 2.75) is 0 Å². The Bertz CT molecular complexity index is 733. The normalized spacial score (nSPS) is 10.1. The number of nitrogens with one attached hydrogen (secondary N) is 2. The van der Waals surface area contributed by atoms with Crippen LogP contribution in [0.1, 0.15) is 0 Å². The van der Waals surface area contributed by atoms with E-state index in [0.717, 1.165) is 18.2 Å². The van der Waals surface area contributed by atoms with E-state index in [-0.39, 0.29) is 10.7 Å². The van der Waals surface area contributed by atoms with Crippen LogP contribution < -0.4 is 16.4 Å². The first kappa shape index (κ1) is 15.7. The topological polar surface area (TPSA) is 84.2 Å². The molecule has 0 aliphatic carbocycles. The highest BCUT2D eigenvalue weighted by molar-refractivity contribution is 6.43. The number of carbonyl (C=O) groups excluding carboxylic acids is 2. The van der Waals surface area contributed by atoms with Crippen LogP contribution in [0.25, 0.3) is 0 Å². The largest absolute Gasteiger partial charge is 0.398 e. The number of rotatable bonds is 2. The molecule has 0 unspecified atom stereocenters. The summed E-state index contributed by atoms with van der Waals surface area (Å²) < 4.78 is 26.8. The molecule has 2 rings (SSSR count). The lowest BCUT2D eigenvalue weighted by Gasteiger charge is -2.08. The van der Waals surface area contributed by atoms with E-state index in [9.17, 15) is 18.4 Å². The van der Waals surface area contributed by atoms with Gasteiger partial charge >= 0.3 is 11.8 Å². The van der Waals surface area contributed by atoms with Gasteiger partial charge < -0.3 is 16.4 Å². The third-order valence-electron chi connectivity index (χ3n) is 2.67. The molecular weight excluding hydrogens is 316 g/mol. The van der Waals surface area contributed by atoms with E-state index in [0.29, 0.717) is 5.69 Å². The molecule has 4 N–H and O–H groups in total. The van der Waals surface area contributed by atoms with Gasteiger partial charge in [0, 0.05) is 5.69 Å². The predicted octanol–water partition coefficient (Wildman–Crippen LogP) is 2.78. The number of nitrogens with two attached hydrogens (primary N) is 1. The molecule has 0 atom stereocenters. The van der Waals surface area contributed by atoms with Crippen LogP contribution in [-0.4, -0.2) is 11.8 Å². The van der Waals surface area contributed by atoms with Crippen molar-refractivity contribution < 1.29 is 18.4 Å². The highest BCUT2D eigenvalue weighted by Crippen LogP contribution is 2.22. The minimum Gasteiger partial charge on any atom is -0.398 e. The quantitative estimate of drug-likeness (QED) is 0.586. The molecule has 0 aliphatic rings. The Balaban J connectivity index is 2.09. The van der Waals surface area contributed by atoms with Crippen molar-refractivity contribution in [1.82, 2.24) is 0 Å². The molecule has 0 radical (unpaired) electrons. The van der Waals surface area contributed by atoms with Gasteiger partial charge in [0.15, 0.2) is 0 Å². The number of carbonyl (C=O) groups is 2. The standard InChI is InChI=1S/C14H10ClF2N3O2/c15-8-6-7(4-5-11(8)18)19-13(21)14(22)20-12-9(16)2-1-3-10(12)17/h1-6H,18H2,(H,19,21)(H,20,22). The Kier molecular flexibility index (Phi) is 4.57. The summed E-state index contributed by atoms with van der Waals surface area (Å²) in [6.45, 7) is 0. The lowest BCUT2D eigenvalue weighted by Crippen LogP contribution is -2.29. The summed E-state index contributed by atoms with van der Waals surface area (Å²) in [7, 11) is 0. The molecule has 2 amide bonds. The molecule has 0 aromatic heterocycles. The fourth-order valence-corrected chi connectivity index (χ4v) is 1.76. The maximum atomic E-state index is 13.4. The van der Waals surface area contributed by atoms with Crippen molar-refractivity contribution in [3.05, 3.63) is 53.1 Å². The van der Waals surface area contributed by atoms with Crippen LogP contribution in [-0.2, 0) is 9.59 Å². The fourth-order valence-electron chi connectivity index (χ4n) is 1.58. The van der Waals surface area contributed by atoms with Gasteiger partial charge in [0.05, 0.1) is 10.7 Å². The van der Waals surface area contributed by atoms with Crippen molar-refractivity contribution in [3.63, 3.8) is 0 Å². The SMILES string of the molecule is Nc1ccc(NC(=O)C(=O)Nc2c(F)cccc2F)cc1Cl. The summed E-state index contributed by atoms with van der Waals surface area (Å²) in [5.74, 6) is -4.31. The average Bonchev–Trinajstić information content (AvgIpc) is 2.46. The summed E-state index contributed by atoms with van der Waals surface area (Å²) in [5, 5.41) is 4.29. The van der Waals surface area contributed by atoms with E-state index >= 15 is 0 Å². The third kappa shape index (κ3) is 3.50. The van der Waals surface area contributed by atoms with Gasteiger partial charge in [0.25, 0.3) is 0 Å². The maximum Gasteiger partial charge on any atom is 0.314 e. The van der Waals surface area contributed by atoms with Crippen molar-refractivity contribution in [1.29, 1.82) is 0 Å². The Morgan fingerprint density at radius 2 is 1.59 bits per heavy atom. The van der Waals surface area contributed by atoms with E-state index in [1.54, 1.807) is 0 Å². The molecule has 0 heterocycles. The van der Waals surface area contributed by atoms with Gasteiger partial charge in [0.1, 0.15) is 17.3 Å². The molecule has 0 aliphatic heterocycles. The summed E-state index contributed by atoms with van der Waals surface area (Å²) in [6, 6.07) is 7.25. The van der Waals surface area contributed by atoms with Crippen molar-refractivity contribution in [2.75, 3.05) is 16.4 Å². The first-order chi connectivity index (χ1) is 10.4. The summed E-state index contributed by atoms with van der Waals surface area (Å²) >= 11 is 5.77. The molecule has 0 bridgehead atoms. The van der Waals surface area contributed by atoms with Gasteiger partial charge in [-0.25, -0.2) is 8.78 Å². The van der Waals surface area contributed by atoms with Gasteiger partial charge in [-0.2, -0.15) is 0 Å². The molecule has 8 heteroatoms. The minimum atomic E-state index is -1.23. The first-order valence-corrected chi connectivity index (χ1v) is 6.37. The number of hydrogen-bond acceptors (Lipinski definition) is 3. The molecule has 0 fully saturated rings. The number of anilines is 3. The molecule has 0 spiro atoms. The molecule has 5 nitrogen and oxygen atoms in total. The van der Waals surface area contributed by atoms with Crippen molar-refractivity contribution >= 4 is 40.5 Å². The van der Waals surface area contributed by atoms with E-state index in [4.69, 9.17) is 17.3 Å². The summed E-state index contributed by atoms with van der Waals surface area (Å²) in [4.78, 5) is 23.4. The smallest absolute Gasteiger partial charge is 0.314 e. The van der Waals surface area contributed by atoms with E-state index in [1.807, 2.05) is 5.32 Å². The number of para-hydroxylation sites is 1. The second kappa shape index (κ2) is 6.40. The third-order valence-corrected chi connectivity index (χ3v) is 2.99. The zero-order valence-electron chi connectivity index (χ0n) is 11.0. The maximum absolute atomic E-state index is 13.4. The van der Waals surface area contributed by atoms with Crippen LogP contribution >= 0.6 is 11.6 Å². The second-order valence-electron chi connectivity index (χ2n) is 4.24. The molecule has 2 aromatic rings. The lowest BCUT2D eigenvalue weighted by atomic mass is 10.2. The highest BCUT2D eigenvalue weighted by atomic mass is 35.5. The molecule has 114 valence electrons. The number of hydrogen-bond donors (Lipinski definition) is 3. The van der Waals surface area contributed by atoms with Crippen LogP contribution in [0.3, 0.4) is 0 Å². The first-order valence-electron chi connectivity index (χ1n) is 6.00. The van der Waals surface area contributed by atoms with Crippen LogP contribution in [0.15, 0.2) is 36.4 Å². The van der Waals surface area contributed by atoms with E-state index in [1.165, 1.54) is 18.2 Å². The number of amides is 2. The minimum absolute atomic E-state index is 0.193. The molecular formula is C14H10ClF2N3O2. The van der Waals surface area contributed by atoms with Gasteiger partial charge in [-0.15, -0.1) is 0 Å². The van der Waals surface area contributed by atoms with Crippen LogP contribution in [0.5, 0.6) is 0 Å².